The first-order valence-corrected chi connectivity index (χ1v) is 5.55. The summed E-state index contributed by atoms with van der Waals surface area (Å²) in [5, 5.41) is 6.86. The lowest BCUT2D eigenvalue weighted by Gasteiger charge is -2.01. The van der Waals surface area contributed by atoms with Crippen molar-refractivity contribution < 1.29 is 4.79 Å². The normalized spacial score (nSPS) is 10.2. The van der Waals surface area contributed by atoms with Crippen LogP contribution in [0.25, 0.3) is 0 Å². The van der Waals surface area contributed by atoms with Crippen LogP contribution in [0.1, 0.15) is 23.8 Å². The Morgan fingerprint density at radius 3 is 3.00 bits per heavy atom. The van der Waals surface area contributed by atoms with Gasteiger partial charge < -0.3 is 5.32 Å². The average molecular weight is 230 g/mol. The van der Waals surface area contributed by atoms with Gasteiger partial charge in [0.1, 0.15) is 5.82 Å². The van der Waals surface area contributed by atoms with Crippen molar-refractivity contribution in [3.8, 4) is 0 Å². The molecule has 88 valence electrons. The number of aryl methyl sites for hydroxylation is 1. The fraction of sp³-hybridized carbons (Fsp3) is 0.250. The minimum absolute atomic E-state index is 0.237. The second-order valence-corrected chi connectivity index (χ2v) is 3.63. The van der Waals surface area contributed by atoms with Gasteiger partial charge in [-0.15, -0.1) is 0 Å². The zero-order valence-corrected chi connectivity index (χ0v) is 9.63. The molecule has 2 rings (SSSR count). The van der Waals surface area contributed by atoms with E-state index in [1.807, 2.05) is 6.07 Å². The van der Waals surface area contributed by atoms with E-state index in [1.165, 1.54) is 0 Å². The lowest BCUT2D eigenvalue weighted by Crippen LogP contribution is -2.14. The molecule has 0 aliphatic heterocycles. The number of nitrogens with zero attached hydrogens (tertiary/aromatic N) is 3. The Balaban J connectivity index is 2.04. The molecule has 0 unspecified atom stereocenters. The molecule has 0 atom stereocenters. The van der Waals surface area contributed by atoms with Crippen molar-refractivity contribution in [2.75, 3.05) is 5.32 Å². The predicted octanol–water partition coefficient (Wildman–Crippen LogP) is 1.94. The number of carbonyl (C=O) groups excluding carboxylic acids is 1. The first-order valence-electron chi connectivity index (χ1n) is 5.55. The molecule has 17 heavy (non-hydrogen) atoms. The molecule has 0 bridgehead atoms. The largest absolute Gasteiger partial charge is 0.305 e. The number of amides is 1. The molecular formula is C12H14N4O. The van der Waals surface area contributed by atoms with Crippen molar-refractivity contribution in [2.24, 2.45) is 0 Å². The van der Waals surface area contributed by atoms with Crippen molar-refractivity contribution in [2.45, 2.75) is 19.9 Å². The molecule has 2 aromatic rings. The van der Waals surface area contributed by atoms with Crippen LogP contribution in [0.4, 0.5) is 5.82 Å². The van der Waals surface area contributed by atoms with Crippen LogP contribution in [0, 0.1) is 0 Å². The first kappa shape index (κ1) is 11.3. The third-order valence-corrected chi connectivity index (χ3v) is 2.23. The number of pyridine rings is 1. The summed E-state index contributed by atoms with van der Waals surface area (Å²) in [4.78, 5) is 15.8. The Hall–Kier alpha value is -2.17. The number of nitrogens with one attached hydrogen (secondary N) is 1. The summed E-state index contributed by atoms with van der Waals surface area (Å²) in [6.45, 7) is 2.88. The van der Waals surface area contributed by atoms with E-state index in [1.54, 1.807) is 35.3 Å². The van der Waals surface area contributed by atoms with Crippen molar-refractivity contribution >= 4 is 11.7 Å². The molecule has 5 nitrogen and oxygen atoms in total. The second kappa shape index (κ2) is 5.25. The SMILES string of the molecule is CCCn1ccc(C(=O)Nc2ccccn2)n1. The molecule has 0 radical (unpaired) electrons. The molecule has 5 heteroatoms. The van der Waals surface area contributed by atoms with Gasteiger partial charge in [0.05, 0.1) is 0 Å². The van der Waals surface area contributed by atoms with Gasteiger partial charge in [-0.3, -0.25) is 9.48 Å². The molecule has 0 saturated carbocycles. The van der Waals surface area contributed by atoms with Gasteiger partial charge in [0.2, 0.25) is 0 Å². The Bertz CT molecular complexity index is 492. The topological polar surface area (TPSA) is 59.8 Å². The molecular weight excluding hydrogens is 216 g/mol. The lowest BCUT2D eigenvalue weighted by molar-refractivity contribution is 0.102. The Kier molecular flexibility index (Phi) is 3.49. The maximum absolute atomic E-state index is 11.8. The van der Waals surface area contributed by atoms with Crippen LogP contribution in [0.15, 0.2) is 36.7 Å². The summed E-state index contributed by atoms with van der Waals surface area (Å²) in [5.41, 5.74) is 0.407. The van der Waals surface area contributed by atoms with E-state index in [9.17, 15) is 4.79 Å². The van der Waals surface area contributed by atoms with Crippen molar-refractivity contribution in [3.63, 3.8) is 0 Å². The molecule has 0 aliphatic carbocycles. The smallest absolute Gasteiger partial charge is 0.277 e. The molecule has 0 saturated heterocycles. The number of anilines is 1. The molecule has 2 aromatic heterocycles. The third kappa shape index (κ3) is 2.90. The third-order valence-electron chi connectivity index (χ3n) is 2.23. The minimum atomic E-state index is -0.237. The van der Waals surface area contributed by atoms with Gasteiger partial charge >= 0.3 is 0 Å². The van der Waals surface area contributed by atoms with Crippen molar-refractivity contribution in [1.82, 2.24) is 14.8 Å². The van der Waals surface area contributed by atoms with Crippen LogP contribution >= 0.6 is 0 Å². The summed E-state index contributed by atoms with van der Waals surface area (Å²) in [5.74, 6) is 0.293. The molecule has 0 aromatic carbocycles. The fourth-order valence-corrected chi connectivity index (χ4v) is 1.45. The molecule has 0 fully saturated rings. The highest BCUT2D eigenvalue weighted by Crippen LogP contribution is 2.04. The minimum Gasteiger partial charge on any atom is -0.305 e. The van der Waals surface area contributed by atoms with Crippen molar-refractivity contribution in [1.29, 1.82) is 0 Å². The van der Waals surface area contributed by atoms with E-state index in [0.29, 0.717) is 11.5 Å². The number of aromatic nitrogens is 3. The van der Waals surface area contributed by atoms with Gasteiger partial charge in [-0.1, -0.05) is 13.0 Å². The maximum atomic E-state index is 11.8. The Morgan fingerprint density at radius 1 is 1.41 bits per heavy atom. The Morgan fingerprint density at radius 2 is 2.29 bits per heavy atom. The van der Waals surface area contributed by atoms with Gasteiger partial charge in [-0.05, 0) is 24.6 Å². The summed E-state index contributed by atoms with van der Waals surface area (Å²) >= 11 is 0. The second-order valence-electron chi connectivity index (χ2n) is 3.63. The van der Waals surface area contributed by atoms with Crippen LogP contribution in [0.5, 0.6) is 0 Å². The Labute approximate surface area is 99.5 Å². The fourth-order valence-electron chi connectivity index (χ4n) is 1.45. The summed E-state index contributed by atoms with van der Waals surface area (Å²) in [6, 6.07) is 7.05. The summed E-state index contributed by atoms with van der Waals surface area (Å²) < 4.78 is 1.76. The average Bonchev–Trinajstić information content (AvgIpc) is 2.79. The highest BCUT2D eigenvalue weighted by Gasteiger charge is 2.09. The van der Waals surface area contributed by atoms with E-state index < -0.39 is 0 Å². The zero-order chi connectivity index (χ0) is 12.1. The molecule has 0 aliphatic rings. The van der Waals surface area contributed by atoms with Gasteiger partial charge in [0.15, 0.2) is 5.69 Å². The van der Waals surface area contributed by atoms with E-state index in [0.717, 1.165) is 13.0 Å². The highest BCUT2D eigenvalue weighted by molar-refractivity contribution is 6.02. The lowest BCUT2D eigenvalue weighted by atomic mass is 10.4. The standard InChI is InChI=1S/C12H14N4O/c1-2-8-16-9-6-10(15-16)12(17)14-11-5-3-4-7-13-11/h3-7,9H,2,8H2,1H3,(H,13,14,17). The van der Waals surface area contributed by atoms with Crippen LogP contribution in [-0.4, -0.2) is 20.7 Å². The first-order chi connectivity index (χ1) is 8.29. The molecule has 2 heterocycles. The van der Waals surface area contributed by atoms with Crippen molar-refractivity contribution in [3.05, 3.63) is 42.4 Å². The predicted molar refractivity (Wildman–Crippen MR) is 64.7 cm³/mol. The van der Waals surface area contributed by atoms with Crippen LogP contribution in [0.2, 0.25) is 0 Å². The van der Waals surface area contributed by atoms with E-state index in [4.69, 9.17) is 0 Å². The molecule has 1 N–H and O–H groups in total. The van der Waals surface area contributed by atoms with Crippen LogP contribution < -0.4 is 5.32 Å². The molecule has 0 spiro atoms. The van der Waals surface area contributed by atoms with Gasteiger partial charge in [0, 0.05) is 18.9 Å². The number of carbonyl (C=O) groups is 1. The number of hydrogen-bond donors (Lipinski definition) is 1. The molecule has 1 amide bonds. The maximum Gasteiger partial charge on any atom is 0.277 e. The summed E-state index contributed by atoms with van der Waals surface area (Å²) in [6.07, 6.45) is 4.42. The van der Waals surface area contributed by atoms with Gasteiger partial charge in [-0.2, -0.15) is 5.10 Å². The summed E-state index contributed by atoms with van der Waals surface area (Å²) in [7, 11) is 0. The zero-order valence-electron chi connectivity index (χ0n) is 9.63. The monoisotopic (exact) mass is 230 g/mol. The van der Waals surface area contributed by atoms with Gasteiger partial charge in [-0.25, -0.2) is 4.98 Å². The van der Waals surface area contributed by atoms with Crippen LogP contribution in [0.3, 0.4) is 0 Å². The van der Waals surface area contributed by atoms with Gasteiger partial charge in [0.25, 0.3) is 5.91 Å². The van der Waals surface area contributed by atoms with E-state index >= 15 is 0 Å². The quantitative estimate of drug-likeness (QED) is 0.873. The van der Waals surface area contributed by atoms with E-state index in [-0.39, 0.29) is 5.91 Å². The van der Waals surface area contributed by atoms with Crippen LogP contribution in [-0.2, 0) is 6.54 Å². The number of rotatable bonds is 4. The van der Waals surface area contributed by atoms with E-state index in [2.05, 4.69) is 22.3 Å². The number of hydrogen-bond acceptors (Lipinski definition) is 3. The highest BCUT2D eigenvalue weighted by atomic mass is 16.2.